The van der Waals surface area contributed by atoms with E-state index in [1.54, 1.807) is 12.1 Å². The second kappa shape index (κ2) is 8.23. The molecule has 2 aromatic carbocycles. The summed E-state index contributed by atoms with van der Waals surface area (Å²) in [5.74, 6) is 0.176. The zero-order valence-electron chi connectivity index (χ0n) is 15.6. The molecule has 1 atom stereocenters. The van der Waals surface area contributed by atoms with Crippen molar-refractivity contribution in [3.05, 3.63) is 64.7 Å². The Morgan fingerprint density at radius 1 is 1.07 bits per heavy atom. The lowest BCUT2D eigenvalue weighted by molar-refractivity contribution is 0.178. The van der Waals surface area contributed by atoms with Crippen LogP contribution in [-0.2, 0) is 0 Å². The molecule has 1 heterocycles. The predicted molar refractivity (Wildman–Crippen MR) is 111 cm³/mol. The number of hydrazone groups is 1. The summed E-state index contributed by atoms with van der Waals surface area (Å²) in [6, 6.07) is 14.2. The SMILES string of the molecule is O=C(NC1CCCCC1)N1N=C(c2ccc(Cl)cc2)C[C@@H]1c1ccccc1O. The highest BCUT2D eigenvalue weighted by Crippen LogP contribution is 2.37. The molecule has 0 bridgehead atoms. The van der Waals surface area contributed by atoms with E-state index < -0.39 is 0 Å². The first kappa shape index (κ1) is 18.8. The number of urea groups is 1. The van der Waals surface area contributed by atoms with Gasteiger partial charge in [-0.3, -0.25) is 0 Å². The minimum absolute atomic E-state index is 0.176. The highest BCUT2D eigenvalue weighted by atomic mass is 35.5. The van der Waals surface area contributed by atoms with Crippen LogP contribution in [0, 0.1) is 0 Å². The average Bonchev–Trinajstić information content (AvgIpc) is 3.15. The van der Waals surface area contributed by atoms with Gasteiger partial charge in [0.15, 0.2) is 0 Å². The molecule has 1 fully saturated rings. The third kappa shape index (κ3) is 3.99. The van der Waals surface area contributed by atoms with Crippen molar-refractivity contribution in [3.8, 4) is 5.75 Å². The van der Waals surface area contributed by atoms with Gasteiger partial charge in [0.2, 0.25) is 0 Å². The zero-order chi connectivity index (χ0) is 19.5. The summed E-state index contributed by atoms with van der Waals surface area (Å²) in [5.41, 5.74) is 2.44. The van der Waals surface area contributed by atoms with Crippen LogP contribution in [0.3, 0.4) is 0 Å². The van der Waals surface area contributed by atoms with E-state index in [2.05, 4.69) is 10.4 Å². The predicted octanol–water partition coefficient (Wildman–Crippen LogP) is 5.24. The number of halogens is 1. The Morgan fingerprint density at radius 3 is 2.50 bits per heavy atom. The second-order valence-corrected chi connectivity index (χ2v) is 7.90. The summed E-state index contributed by atoms with van der Waals surface area (Å²) < 4.78 is 0. The summed E-state index contributed by atoms with van der Waals surface area (Å²) in [6.45, 7) is 0. The molecule has 28 heavy (non-hydrogen) atoms. The first-order valence-corrected chi connectivity index (χ1v) is 10.2. The molecule has 0 spiro atoms. The minimum atomic E-state index is -0.338. The number of carbonyl (C=O) groups excluding carboxylic acids is 1. The molecule has 2 aliphatic rings. The molecule has 4 rings (SSSR count). The van der Waals surface area contributed by atoms with E-state index in [0.717, 1.165) is 37.0 Å². The van der Waals surface area contributed by atoms with Crippen LogP contribution in [-0.4, -0.2) is 27.9 Å². The fourth-order valence-corrected chi connectivity index (χ4v) is 4.14. The second-order valence-electron chi connectivity index (χ2n) is 7.46. The van der Waals surface area contributed by atoms with Crippen LogP contribution in [0.25, 0.3) is 0 Å². The number of hydrogen-bond donors (Lipinski definition) is 2. The normalized spacial score (nSPS) is 20.1. The van der Waals surface area contributed by atoms with Crippen LogP contribution in [0.1, 0.15) is 55.7 Å². The largest absolute Gasteiger partial charge is 0.508 e. The molecule has 1 saturated carbocycles. The number of phenols is 1. The minimum Gasteiger partial charge on any atom is -0.508 e. The molecule has 0 unspecified atom stereocenters. The number of amides is 2. The molecular weight excluding hydrogens is 374 g/mol. The molecule has 146 valence electrons. The Balaban J connectivity index is 1.62. The van der Waals surface area contributed by atoms with Crippen LogP contribution in [0.2, 0.25) is 5.02 Å². The molecular formula is C22H24ClN3O2. The molecule has 0 aromatic heterocycles. The number of carbonyl (C=O) groups is 1. The van der Waals surface area contributed by atoms with E-state index in [-0.39, 0.29) is 23.9 Å². The van der Waals surface area contributed by atoms with Crippen LogP contribution in [0.15, 0.2) is 53.6 Å². The van der Waals surface area contributed by atoms with Gasteiger partial charge < -0.3 is 10.4 Å². The lowest BCUT2D eigenvalue weighted by atomic mass is 9.95. The molecule has 0 radical (unpaired) electrons. The Labute approximate surface area is 170 Å². The molecule has 6 heteroatoms. The van der Waals surface area contributed by atoms with Gasteiger partial charge in [0.05, 0.1) is 11.8 Å². The van der Waals surface area contributed by atoms with E-state index in [1.807, 2.05) is 36.4 Å². The summed E-state index contributed by atoms with van der Waals surface area (Å²) in [7, 11) is 0. The van der Waals surface area contributed by atoms with Crippen molar-refractivity contribution < 1.29 is 9.90 Å². The van der Waals surface area contributed by atoms with E-state index >= 15 is 0 Å². The zero-order valence-corrected chi connectivity index (χ0v) is 16.4. The van der Waals surface area contributed by atoms with Crippen molar-refractivity contribution in [2.24, 2.45) is 5.10 Å². The van der Waals surface area contributed by atoms with E-state index in [4.69, 9.17) is 11.6 Å². The Hall–Kier alpha value is -2.53. The average molecular weight is 398 g/mol. The van der Waals surface area contributed by atoms with Crippen LogP contribution in [0.4, 0.5) is 4.79 Å². The van der Waals surface area contributed by atoms with E-state index in [1.165, 1.54) is 11.4 Å². The quantitative estimate of drug-likeness (QED) is 0.743. The number of nitrogens with one attached hydrogen (secondary N) is 1. The Kier molecular flexibility index (Phi) is 5.53. The highest BCUT2D eigenvalue weighted by molar-refractivity contribution is 6.30. The van der Waals surface area contributed by atoms with Crippen molar-refractivity contribution >= 4 is 23.3 Å². The van der Waals surface area contributed by atoms with Crippen molar-refractivity contribution in [1.82, 2.24) is 10.3 Å². The first-order chi connectivity index (χ1) is 13.6. The molecule has 0 saturated heterocycles. The fraction of sp³-hybridized carbons (Fsp3) is 0.364. The Morgan fingerprint density at radius 2 is 1.79 bits per heavy atom. The monoisotopic (exact) mass is 397 g/mol. The van der Waals surface area contributed by atoms with Gasteiger partial charge in [-0.15, -0.1) is 0 Å². The maximum absolute atomic E-state index is 13.0. The molecule has 1 aliphatic carbocycles. The number of rotatable bonds is 3. The third-order valence-corrected chi connectivity index (χ3v) is 5.78. The van der Waals surface area contributed by atoms with Gasteiger partial charge in [0, 0.05) is 23.0 Å². The maximum Gasteiger partial charge on any atom is 0.338 e. The summed E-state index contributed by atoms with van der Waals surface area (Å²) >= 11 is 6.00. The van der Waals surface area contributed by atoms with Gasteiger partial charge in [0.1, 0.15) is 5.75 Å². The van der Waals surface area contributed by atoms with Gasteiger partial charge in [-0.05, 0) is 36.6 Å². The smallest absolute Gasteiger partial charge is 0.338 e. The maximum atomic E-state index is 13.0. The topological polar surface area (TPSA) is 64.9 Å². The van der Waals surface area contributed by atoms with Crippen molar-refractivity contribution in [1.29, 1.82) is 0 Å². The van der Waals surface area contributed by atoms with Crippen molar-refractivity contribution in [2.75, 3.05) is 0 Å². The number of nitrogens with zero attached hydrogens (tertiary/aromatic N) is 2. The first-order valence-electron chi connectivity index (χ1n) is 9.83. The fourth-order valence-electron chi connectivity index (χ4n) is 4.01. The summed E-state index contributed by atoms with van der Waals surface area (Å²) in [5, 5.41) is 20.3. The molecule has 2 amide bonds. The highest BCUT2D eigenvalue weighted by Gasteiger charge is 2.35. The third-order valence-electron chi connectivity index (χ3n) is 5.52. The number of hydrogen-bond acceptors (Lipinski definition) is 3. The van der Waals surface area contributed by atoms with Gasteiger partial charge in [-0.1, -0.05) is 61.2 Å². The molecule has 2 N–H and O–H groups in total. The van der Waals surface area contributed by atoms with Gasteiger partial charge in [-0.2, -0.15) is 5.10 Å². The summed E-state index contributed by atoms with van der Waals surface area (Å²) in [6.07, 6.45) is 6.08. The standard InChI is InChI=1S/C22H24ClN3O2/c23-16-12-10-15(11-13-16)19-14-20(18-8-4-5-9-21(18)27)26(25-19)22(28)24-17-6-2-1-3-7-17/h4-5,8-13,17,20,27H,1-3,6-7,14H2,(H,24,28)/t20-/m1/s1. The molecule has 5 nitrogen and oxygen atoms in total. The van der Waals surface area contributed by atoms with Crippen LogP contribution < -0.4 is 5.32 Å². The van der Waals surface area contributed by atoms with Crippen molar-refractivity contribution in [2.45, 2.75) is 50.6 Å². The summed E-state index contributed by atoms with van der Waals surface area (Å²) in [4.78, 5) is 13.0. The van der Waals surface area contributed by atoms with Crippen LogP contribution >= 0.6 is 11.6 Å². The van der Waals surface area contributed by atoms with Gasteiger partial charge >= 0.3 is 6.03 Å². The molecule has 1 aliphatic heterocycles. The lowest BCUT2D eigenvalue weighted by Crippen LogP contribution is -2.43. The van der Waals surface area contributed by atoms with Gasteiger partial charge in [-0.25, -0.2) is 9.80 Å². The van der Waals surface area contributed by atoms with Crippen molar-refractivity contribution in [3.63, 3.8) is 0 Å². The Bertz CT molecular complexity index is 876. The number of para-hydroxylation sites is 1. The lowest BCUT2D eigenvalue weighted by Gasteiger charge is -2.27. The number of benzene rings is 2. The number of aromatic hydroxyl groups is 1. The number of phenolic OH excluding ortho intramolecular Hbond substituents is 1. The molecule has 2 aromatic rings. The van der Waals surface area contributed by atoms with E-state index in [0.29, 0.717) is 17.0 Å². The van der Waals surface area contributed by atoms with Gasteiger partial charge in [0.25, 0.3) is 0 Å². The van der Waals surface area contributed by atoms with E-state index in [9.17, 15) is 9.90 Å². The van der Waals surface area contributed by atoms with Crippen LogP contribution in [0.5, 0.6) is 5.75 Å².